The van der Waals surface area contributed by atoms with E-state index < -0.39 is 12.3 Å². The molecular formula is C29H26F3N3O5S. The molecule has 1 unspecified atom stereocenters. The number of alkyl halides is 3. The summed E-state index contributed by atoms with van der Waals surface area (Å²) in [6.07, 6.45) is 0.629. The largest absolute Gasteiger partial charge is 0.573 e. The predicted octanol–water partition coefficient (Wildman–Crippen LogP) is 7.14. The monoisotopic (exact) mass is 585 g/mol. The van der Waals surface area contributed by atoms with Crippen LogP contribution in [0.3, 0.4) is 0 Å². The van der Waals surface area contributed by atoms with Crippen molar-refractivity contribution in [3.8, 4) is 17.0 Å². The first-order valence-corrected chi connectivity index (χ1v) is 14.4. The van der Waals surface area contributed by atoms with Gasteiger partial charge in [-0.25, -0.2) is 9.78 Å². The third-order valence-corrected chi connectivity index (χ3v) is 9.16. The van der Waals surface area contributed by atoms with Gasteiger partial charge in [0.1, 0.15) is 17.2 Å². The van der Waals surface area contributed by atoms with Crippen molar-refractivity contribution in [1.82, 2.24) is 10.1 Å². The average molecular weight is 586 g/mol. The molecule has 0 amide bonds. The number of hydrogen-bond acceptors (Lipinski definition) is 8. The van der Waals surface area contributed by atoms with Crippen LogP contribution in [0.1, 0.15) is 66.1 Å². The van der Waals surface area contributed by atoms with Gasteiger partial charge in [-0.1, -0.05) is 28.6 Å². The van der Waals surface area contributed by atoms with Crippen LogP contribution < -0.4 is 9.64 Å². The Morgan fingerprint density at radius 2 is 1.85 bits per heavy atom. The SMILES string of the molecule is O=C(O)c1ccc2nc(N3[C@@H]4CC[C@H]3CC(OCc3c(-c5ccccc5OC(F)(F)F)noc3C3CC3)C4)sc2c1. The molecule has 41 heavy (non-hydrogen) atoms. The molecule has 3 atom stereocenters. The molecule has 2 aromatic heterocycles. The Balaban J connectivity index is 1.09. The molecule has 4 heterocycles. The zero-order chi connectivity index (χ0) is 28.3. The molecular weight excluding hydrogens is 559 g/mol. The number of thiazole rings is 1. The molecule has 1 saturated carbocycles. The topological polar surface area (TPSA) is 97.9 Å². The van der Waals surface area contributed by atoms with Gasteiger partial charge in [0.25, 0.3) is 0 Å². The predicted molar refractivity (Wildman–Crippen MR) is 144 cm³/mol. The minimum atomic E-state index is -4.83. The molecule has 12 heteroatoms. The van der Waals surface area contributed by atoms with E-state index in [1.54, 1.807) is 30.3 Å². The van der Waals surface area contributed by atoms with Crippen LogP contribution >= 0.6 is 11.3 Å². The lowest BCUT2D eigenvalue weighted by Crippen LogP contribution is -2.45. The van der Waals surface area contributed by atoms with Crippen molar-refractivity contribution in [1.29, 1.82) is 0 Å². The summed E-state index contributed by atoms with van der Waals surface area (Å²) in [5.41, 5.74) is 2.25. The van der Waals surface area contributed by atoms with Gasteiger partial charge in [0, 0.05) is 29.1 Å². The number of ether oxygens (including phenoxy) is 2. The number of carbonyl (C=O) groups is 1. The molecule has 3 aliphatic rings. The van der Waals surface area contributed by atoms with E-state index in [1.165, 1.54) is 23.5 Å². The van der Waals surface area contributed by atoms with E-state index in [0.717, 1.165) is 53.9 Å². The Hall–Kier alpha value is -3.64. The van der Waals surface area contributed by atoms with Crippen molar-refractivity contribution >= 4 is 32.7 Å². The van der Waals surface area contributed by atoms with Crippen molar-refractivity contribution < 1.29 is 37.1 Å². The number of anilines is 1. The second kappa shape index (κ2) is 10.0. The maximum atomic E-state index is 13.1. The van der Waals surface area contributed by atoms with E-state index in [9.17, 15) is 23.1 Å². The van der Waals surface area contributed by atoms with E-state index >= 15 is 0 Å². The smallest absolute Gasteiger partial charge is 0.478 e. The first-order valence-electron chi connectivity index (χ1n) is 13.6. The van der Waals surface area contributed by atoms with E-state index in [-0.39, 0.29) is 47.6 Å². The normalized spacial score (nSPS) is 22.4. The lowest BCUT2D eigenvalue weighted by molar-refractivity contribution is -0.274. The molecule has 8 nitrogen and oxygen atoms in total. The molecule has 214 valence electrons. The highest BCUT2D eigenvalue weighted by Gasteiger charge is 2.43. The highest BCUT2D eigenvalue weighted by Crippen LogP contribution is 2.47. The first kappa shape index (κ1) is 26.3. The van der Waals surface area contributed by atoms with Crippen molar-refractivity contribution in [2.45, 2.75) is 75.6 Å². The number of halogens is 3. The molecule has 2 saturated heterocycles. The van der Waals surface area contributed by atoms with E-state index in [2.05, 4.69) is 14.8 Å². The summed E-state index contributed by atoms with van der Waals surface area (Å²) in [7, 11) is 0. The molecule has 7 rings (SSSR count). The van der Waals surface area contributed by atoms with Gasteiger partial charge in [0.15, 0.2) is 5.13 Å². The van der Waals surface area contributed by atoms with Gasteiger partial charge in [-0.15, -0.1) is 13.2 Å². The number of para-hydroxylation sites is 1. The zero-order valence-electron chi connectivity index (χ0n) is 21.8. The molecule has 0 radical (unpaired) electrons. The van der Waals surface area contributed by atoms with Gasteiger partial charge in [0.05, 0.1) is 28.5 Å². The highest BCUT2D eigenvalue weighted by molar-refractivity contribution is 7.22. The Morgan fingerprint density at radius 1 is 1.10 bits per heavy atom. The average Bonchev–Trinajstić information content (AvgIpc) is 3.45. The van der Waals surface area contributed by atoms with Crippen LogP contribution in [0, 0.1) is 0 Å². The van der Waals surface area contributed by atoms with Crippen LogP contribution in [0.15, 0.2) is 47.0 Å². The molecule has 4 aromatic rings. The number of fused-ring (bicyclic) bond motifs is 3. The summed E-state index contributed by atoms with van der Waals surface area (Å²) in [6.45, 7) is 0.189. The molecule has 1 N–H and O–H groups in total. The summed E-state index contributed by atoms with van der Waals surface area (Å²) < 4.78 is 56.5. The van der Waals surface area contributed by atoms with Crippen LogP contribution in [0.4, 0.5) is 18.3 Å². The maximum Gasteiger partial charge on any atom is 0.573 e. The number of nitrogens with zero attached hydrogens (tertiary/aromatic N) is 3. The number of aromatic carboxylic acids is 1. The summed E-state index contributed by atoms with van der Waals surface area (Å²) >= 11 is 1.51. The fraction of sp³-hybridized carbons (Fsp3) is 0.414. The molecule has 3 fully saturated rings. The fourth-order valence-corrected chi connectivity index (χ4v) is 7.30. The van der Waals surface area contributed by atoms with Crippen LogP contribution in [-0.2, 0) is 11.3 Å². The van der Waals surface area contributed by atoms with Crippen LogP contribution in [0.25, 0.3) is 21.5 Å². The fourth-order valence-electron chi connectivity index (χ4n) is 6.15. The van der Waals surface area contributed by atoms with E-state index in [1.807, 2.05) is 0 Å². The van der Waals surface area contributed by atoms with Gasteiger partial charge < -0.3 is 24.0 Å². The minimum Gasteiger partial charge on any atom is -0.478 e. The summed E-state index contributed by atoms with van der Waals surface area (Å²) in [5, 5.41) is 14.4. The molecule has 2 aromatic carbocycles. The Bertz CT molecular complexity index is 1600. The second-order valence-corrected chi connectivity index (χ2v) is 11.9. The zero-order valence-corrected chi connectivity index (χ0v) is 22.6. The van der Waals surface area contributed by atoms with Gasteiger partial charge in [0.2, 0.25) is 0 Å². The number of carboxylic acids is 1. The standard InChI is InChI=1S/C29H26F3N3O5S/c30-29(31,32)39-23-4-2-1-3-20(23)25-21(26(40-34-25)15-5-6-15)14-38-19-12-17-8-9-18(13-19)35(17)28-33-22-10-7-16(27(36)37)11-24(22)41-28/h1-4,7,10-11,15,17-19H,5-6,8-9,12-14H2,(H,36,37)/t17-,18+,19?. The summed E-state index contributed by atoms with van der Waals surface area (Å²) in [6, 6.07) is 11.4. The molecule has 2 aliphatic heterocycles. The van der Waals surface area contributed by atoms with Crippen molar-refractivity contribution in [3.05, 3.63) is 59.4 Å². The first-order chi connectivity index (χ1) is 19.7. The highest BCUT2D eigenvalue weighted by atomic mass is 32.1. The number of piperidine rings is 1. The number of rotatable bonds is 8. The Labute approximate surface area is 236 Å². The van der Waals surface area contributed by atoms with Crippen LogP contribution in [0.2, 0.25) is 0 Å². The lowest BCUT2D eigenvalue weighted by Gasteiger charge is -2.38. The number of aromatic nitrogens is 2. The van der Waals surface area contributed by atoms with E-state index in [4.69, 9.17) is 14.2 Å². The molecule has 1 aliphatic carbocycles. The van der Waals surface area contributed by atoms with Gasteiger partial charge in [-0.3, -0.25) is 0 Å². The quantitative estimate of drug-likeness (QED) is 0.233. The Morgan fingerprint density at radius 3 is 2.56 bits per heavy atom. The van der Waals surface area contributed by atoms with Crippen molar-refractivity contribution in [2.24, 2.45) is 0 Å². The lowest BCUT2D eigenvalue weighted by atomic mass is 10.00. The van der Waals surface area contributed by atoms with Crippen molar-refractivity contribution in [2.75, 3.05) is 4.90 Å². The third-order valence-electron chi connectivity index (χ3n) is 8.13. The minimum absolute atomic E-state index is 0.0341. The maximum absolute atomic E-state index is 13.1. The molecule has 0 spiro atoms. The number of hydrogen-bond donors (Lipinski definition) is 1. The van der Waals surface area contributed by atoms with Gasteiger partial charge in [-0.2, -0.15) is 0 Å². The number of carboxylic acid groups (broad SMARTS) is 1. The van der Waals surface area contributed by atoms with Crippen molar-refractivity contribution in [3.63, 3.8) is 0 Å². The molecule has 2 bridgehead atoms. The van der Waals surface area contributed by atoms with Gasteiger partial charge >= 0.3 is 12.3 Å². The Kier molecular flexibility index (Phi) is 6.42. The second-order valence-electron chi connectivity index (χ2n) is 10.9. The number of benzene rings is 2. The van der Waals surface area contributed by atoms with Crippen LogP contribution in [-0.4, -0.2) is 45.8 Å². The summed E-state index contributed by atoms with van der Waals surface area (Å²) in [4.78, 5) is 18.5. The third kappa shape index (κ3) is 5.14. The summed E-state index contributed by atoms with van der Waals surface area (Å²) in [5.74, 6) is -0.409. The van der Waals surface area contributed by atoms with Crippen LogP contribution in [0.5, 0.6) is 5.75 Å². The van der Waals surface area contributed by atoms with E-state index in [0.29, 0.717) is 17.0 Å². The van der Waals surface area contributed by atoms with Gasteiger partial charge in [-0.05, 0) is 68.9 Å².